The van der Waals surface area contributed by atoms with E-state index in [1.54, 1.807) is 24.3 Å². The van der Waals surface area contributed by atoms with Crippen LogP contribution in [0.4, 0.5) is 4.39 Å². The third kappa shape index (κ3) is 3.54. The molecule has 5 heteroatoms. The molecule has 3 rings (SSSR count). The van der Waals surface area contributed by atoms with E-state index in [4.69, 9.17) is 11.0 Å². The Bertz CT molecular complexity index is 1060. The Balaban J connectivity index is 2.09. The second kappa shape index (κ2) is 8.10. The van der Waals surface area contributed by atoms with Gasteiger partial charge in [-0.05, 0) is 49.1 Å². The first kappa shape index (κ1) is 19.4. The van der Waals surface area contributed by atoms with Gasteiger partial charge in [-0.1, -0.05) is 37.3 Å². The van der Waals surface area contributed by atoms with Crippen LogP contribution in [0.3, 0.4) is 0 Å². The first-order chi connectivity index (χ1) is 13.5. The van der Waals surface area contributed by atoms with Crippen molar-refractivity contribution in [3.05, 3.63) is 82.4 Å². The molecule has 3 aromatic rings. The normalized spacial score (nSPS) is 10.6. The Morgan fingerprint density at radius 3 is 2.43 bits per heavy atom. The summed E-state index contributed by atoms with van der Waals surface area (Å²) in [4.78, 5) is 12.2. The van der Waals surface area contributed by atoms with Crippen LogP contribution in [0, 0.1) is 24.1 Å². The summed E-state index contributed by atoms with van der Waals surface area (Å²) in [6.45, 7) is 4.44. The highest BCUT2D eigenvalue weighted by atomic mass is 19.1. The molecule has 0 fully saturated rings. The van der Waals surface area contributed by atoms with Crippen LogP contribution in [-0.4, -0.2) is 10.5 Å². The molecule has 0 saturated carbocycles. The third-order valence-corrected chi connectivity index (χ3v) is 5.08. The highest BCUT2D eigenvalue weighted by Crippen LogP contribution is 2.33. The fourth-order valence-corrected chi connectivity index (χ4v) is 3.73. The lowest BCUT2D eigenvalue weighted by Gasteiger charge is -2.12. The van der Waals surface area contributed by atoms with E-state index in [1.165, 1.54) is 6.07 Å². The topological polar surface area (TPSA) is 71.8 Å². The number of benzene rings is 2. The van der Waals surface area contributed by atoms with Crippen molar-refractivity contribution >= 4 is 5.91 Å². The van der Waals surface area contributed by atoms with E-state index in [2.05, 4.69) is 10.6 Å². The highest BCUT2D eigenvalue weighted by molar-refractivity contribution is 6.02. The monoisotopic (exact) mass is 375 g/mol. The number of aryl methyl sites for hydroxylation is 1. The van der Waals surface area contributed by atoms with Crippen LogP contribution < -0.4 is 5.73 Å². The fourth-order valence-electron chi connectivity index (χ4n) is 3.73. The van der Waals surface area contributed by atoms with Crippen molar-refractivity contribution in [2.24, 2.45) is 5.73 Å². The Hall–Kier alpha value is -3.39. The zero-order valence-electron chi connectivity index (χ0n) is 16.0. The molecule has 0 atom stereocenters. The van der Waals surface area contributed by atoms with Gasteiger partial charge in [0.25, 0.3) is 5.91 Å². The van der Waals surface area contributed by atoms with Crippen molar-refractivity contribution < 1.29 is 9.18 Å². The maximum atomic E-state index is 14.0. The summed E-state index contributed by atoms with van der Waals surface area (Å²) >= 11 is 0. The summed E-state index contributed by atoms with van der Waals surface area (Å²) < 4.78 is 16.1. The molecule has 142 valence electrons. The van der Waals surface area contributed by atoms with E-state index in [1.807, 2.05) is 32.0 Å². The summed E-state index contributed by atoms with van der Waals surface area (Å²) in [6, 6.07) is 15.9. The first-order valence-electron chi connectivity index (χ1n) is 9.23. The summed E-state index contributed by atoms with van der Waals surface area (Å²) in [6.07, 6.45) is 1.21. The van der Waals surface area contributed by atoms with E-state index < -0.39 is 5.91 Å². The average Bonchev–Trinajstić information content (AvgIpc) is 2.99. The molecule has 0 saturated heterocycles. The maximum Gasteiger partial charge on any atom is 0.251 e. The largest absolute Gasteiger partial charge is 0.366 e. The standard InChI is InChI=1S/C23H22FN3O/c1-3-20-22(18-10-8-16(14-25)9-11-18)21(23(26)28)15(2)27(20)13-12-17-6-4-5-7-19(17)24/h4-11H,3,12-13H2,1-2H3,(H2,26,28). The molecule has 0 aliphatic carbocycles. The predicted octanol–water partition coefficient (Wildman–Crippen LogP) is 4.38. The van der Waals surface area contributed by atoms with Crippen molar-refractivity contribution in [2.45, 2.75) is 33.2 Å². The highest BCUT2D eigenvalue weighted by Gasteiger charge is 2.24. The fraction of sp³-hybridized carbons (Fsp3) is 0.217. The molecule has 0 spiro atoms. The van der Waals surface area contributed by atoms with Gasteiger partial charge < -0.3 is 10.3 Å². The number of carbonyl (C=O) groups is 1. The van der Waals surface area contributed by atoms with Crippen LogP contribution in [0.1, 0.15) is 39.8 Å². The van der Waals surface area contributed by atoms with Crippen LogP contribution >= 0.6 is 0 Å². The molecule has 1 amide bonds. The number of amides is 1. The number of nitrogens with two attached hydrogens (primary N) is 1. The summed E-state index contributed by atoms with van der Waals surface area (Å²) in [5, 5.41) is 9.03. The number of aromatic nitrogens is 1. The lowest BCUT2D eigenvalue weighted by Crippen LogP contribution is -2.14. The lowest BCUT2D eigenvalue weighted by molar-refractivity contribution is 0.1000. The van der Waals surface area contributed by atoms with E-state index in [-0.39, 0.29) is 5.82 Å². The minimum atomic E-state index is -0.490. The Morgan fingerprint density at radius 1 is 1.18 bits per heavy atom. The number of primary amides is 1. The van der Waals surface area contributed by atoms with Gasteiger partial charge in [0, 0.05) is 23.5 Å². The van der Waals surface area contributed by atoms with Gasteiger partial charge in [0.05, 0.1) is 17.2 Å². The number of nitrogens with zero attached hydrogens (tertiary/aromatic N) is 2. The van der Waals surface area contributed by atoms with Crippen molar-refractivity contribution in [1.29, 1.82) is 5.26 Å². The Morgan fingerprint density at radius 2 is 1.86 bits per heavy atom. The van der Waals surface area contributed by atoms with Crippen LogP contribution in [0.5, 0.6) is 0 Å². The minimum Gasteiger partial charge on any atom is -0.366 e. The number of rotatable bonds is 6. The smallest absolute Gasteiger partial charge is 0.251 e. The SMILES string of the molecule is CCc1c(-c2ccc(C#N)cc2)c(C(N)=O)c(C)n1CCc1ccccc1F. The van der Waals surface area contributed by atoms with E-state index in [0.29, 0.717) is 36.1 Å². The number of carbonyl (C=O) groups excluding carboxylic acids is 1. The molecule has 0 radical (unpaired) electrons. The lowest BCUT2D eigenvalue weighted by atomic mass is 9.98. The second-order valence-corrected chi connectivity index (χ2v) is 6.68. The number of hydrogen-bond acceptors (Lipinski definition) is 2. The summed E-state index contributed by atoms with van der Waals surface area (Å²) in [5.41, 5.74) is 10.8. The number of nitriles is 1. The van der Waals surface area contributed by atoms with Gasteiger partial charge >= 0.3 is 0 Å². The summed E-state index contributed by atoms with van der Waals surface area (Å²) in [5.74, 6) is -0.719. The van der Waals surface area contributed by atoms with Crippen molar-refractivity contribution in [3.8, 4) is 17.2 Å². The molecular weight excluding hydrogens is 353 g/mol. The molecule has 2 aromatic carbocycles. The van der Waals surface area contributed by atoms with Crippen molar-refractivity contribution in [1.82, 2.24) is 4.57 Å². The van der Waals surface area contributed by atoms with Gasteiger partial charge in [-0.2, -0.15) is 5.26 Å². The van der Waals surface area contributed by atoms with Crippen molar-refractivity contribution in [2.75, 3.05) is 0 Å². The van der Waals surface area contributed by atoms with E-state index in [9.17, 15) is 9.18 Å². The molecule has 28 heavy (non-hydrogen) atoms. The maximum absolute atomic E-state index is 14.0. The average molecular weight is 375 g/mol. The molecule has 0 aliphatic rings. The molecule has 0 unspecified atom stereocenters. The van der Waals surface area contributed by atoms with Gasteiger partial charge in [-0.15, -0.1) is 0 Å². The first-order valence-corrected chi connectivity index (χ1v) is 9.23. The van der Waals surface area contributed by atoms with Gasteiger partial charge in [0.15, 0.2) is 0 Å². The molecule has 0 bridgehead atoms. The van der Waals surface area contributed by atoms with Gasteiger partial charge in [0.2, 0.25) is 0 Å². The van der Waals surface area contributed by atoms with Crippen molar-refractivity contribution in [3.63, 3.8) is 0 Å². The Labute approximate surface area is 164 Å². The molecule has 1 heterocycles. The summed E-state index contributed by atoms with van der Waals surface area (Å²) in [7, 11) is 0. The quantitative estimate of drug-likeness (QED) is 0.694. The van der Waals surface area contributed by atoms with Gasteiger partial charge in [-0.25, -0.2) is 4.39 Å². The van der Waals surface area contributed by atoms with Crippen LogP contribution in [0.15, 0.2) is 48.5 Å². The van der Waals surface area contributed by atoms with Crippen LogP contribution in [0.25, 0.3) is 11.1 Å². The molecule has 0 aliphatic heterocycles. The minimum absolute atomic E-state index is 0.229. The van der Waals surface area contributed by atoms with Crippen LogP contribution in [-0.2, 0) is 19.4 Å². The molecule has 1 aromatic heterocycles. The zero-order chi connectivity index (χ0) is 20.3. The molecular formula is C23H22FN3O. The second-order valence-electron chi connectivity index (χ2n) is 6.68. The predicted molar refractivity (Wildman–Crippen MR) is 107 cm³/mol. The number of halogens is 1. The van der Waals surface area contributed by atoms with E-state index >= 15 is 0 Å². The van der Waals surface area contributed by atoms with E-state index in [0.717, 1.165) is 22.5 Å². The zero-order valence-corrected chi connectivity index (χ0v) is 16.0. The molecule has 4 nitrogen and oxygen atoms in total. The number of hydrogen-bond donors (Lipinski definition) is 1. The Kier molecular flexibility index (Phi) is 5.60. The van der Waals surface area contributed by atoms with Crippen LogP contribution in [0.2, 0.25) is 0 Å². The third-order valence-electron chi connectivity index (χ3n) is 5.08. The molecule has 2 N–H and O–H groups in total. The van der Waals surface area contributed by atoms with Gasteiger partial charge in [0.1, 0.15) is 5.82 Å². The van der Waals surface area contributed by atoms with Gasteiger partial charge in [-0.3, -0.25) is 4.79 Å².